The molecule has 1 N–H and O–H groups in total. The number of anilines is 1. The van der Waals surface area contributed by atoms with Crippen LogP contribution < -0.4 is 5.32 Å². The zero-order valence-corrected chi connectivity index (χ0v) is 12.3. The van der Waals surface area contributed by atoms with Gasteiger partial charge in [0.2, 0.25) is 5.91 Å². The Morgan fingerprint density at radius 1 is 1.40 bits per heavy atom. The maximum atomic E-state index is 11.6. The van der Waals surface area contributed by atoms with Crippen molar-refractivity contribution in [2.75, 3.05) is 11.9 Å². The van der Waals surface area contributed by atoms with Crippen LogP contribution in [0.25, 0.3) is 0 Å². The van der Waals surface area contributed by atoms with Crippen LogP contribution in [0.1, 0.15) is 19.8 Å². The number of nitrogens with zero attached hydrogens (tertiary/aromatic N) is 1. The molecule has 1 rings (SSSR count). The van der Waals surface area contributed by atoms with E-state index < -0.39 is 16.8 Å². The summed E-state index contributed by atoms with van der Waals surface area (Å²) < 4.78 is 5.22. The number of rotatable bonds is 6. The van der Waals surface area contributed by atoms with E-state index >= 15 is 0 Å². The number of esters is 1. The van der Waals surface area contributed by atoms with Gasteiger partial charge in [0.05, 0.1) is 23.6 Å². The molecular weight excluding hydrogens is 332 g/mol. The van der Waals surface area contributed by atoms with Gasteiger partial charge >= 0.3 is 5.97 Å². The molecule has 0 unspecified atom stereocenters. The van der Waals surface area contributed by atoms with Crippen LogP contribution >= 0.6 is 15.9 Å². The summed E-state index contributed by atoms with van der Waals surface area (Å²) in [5.74, 6) is -0.875. The van der Waals surface area contributed by atoms with Crippen molar-refractivity contribution in [1.29, 1.82) is 0 Å². The van der Waals surface area contributed by atoms with Crippen LogP contribution in [0.4, 0.5) is 11.4 Å². The number of nitro groups is 1. The van der Waals surface area contributed by atoms with Crippen molar-refractivity contribution in [3.63, 3.8) is 0 Å². The monoisotopic (exact) mass is 344 g/mol. The lowest BCUT2D eigenvalue weighted by molar-refractivity contribution is -0.384. The minimum Gasteiger partial charge on any atom is -0.466 e. The number of ether oxygens (including phenoxy) is 1. The maximum Gasteiger partial charge on any atom is 0.306 e. The number of non-ortho nitro benzene ring substituents is 1. The molecule has 0 radical (unpaired) electrons. The lowest BCUT2D eigenvalue weighted by Gasteiger charge is -2.07. The predicted molar refractivity (Wildman–Crippen MR) is 75.3 cm³/mol. The summed E-state index contributed by atoms with van der Waals surface area (Å²) in [6.07, 6.45) is -0.0832. The van der Waals surface area contributed by atoms with Crippen LogP contribution in [-0.4, -0.2) is 23.4 Å². The fourth-order valence-corrected chi connectivity index (χ4v) is 1.73. The van der Waals surface area contributed by atoms with Gasteiger partial charge in [-0.25, -0.2) is 0 Å². The van der Waals surface area contributed by atoms with Gasteiger partial charge in [-0.05, 0) is 28.9 Å². The molecule has 1 amide bonds. The van der Waals surface area contributed by atoms with Crippen molar-refractivity contribution in [1.82, 2.24) is 0 Å². The van der Waals surface area contributed by atoms with Crippen LogP contribution in [0.5, 0.6) is 0 Å². The van der Waals surface area contributed by atoms with Gasteiger partial charge in [0.15, 0.2) is 0 Å². The molecule has 8 heteroatoms. The lowest BCUT2D eigenvalue weighted by atomic mass is 10.2. The molecule has 0 saturated heterocycles. The Morgan fingerprint density at radius 2 is 2.10 bits per heavy atom. The van der Waals surface area contributed by atoms with Gasteiger partial charge in [0.25, 0.3) is 5.69 Å². The molecule has 1 aromatic carbocycles. The van der Waals surface area contributed by atoms with Gasteiger partial charge in [0.1, 0.15) is 0 Å². The Bertz CT molecular complexity index is 533. The van der Waals surface area contributed by atoms with Gasteiger partial charge in [0, 0.05) is 23.0 Å². The summed E-state index contributed by atoms with van der Waals surface area (Å²) in [5.41, 5.74) is 0.155. The first-order valence-corrected chi connectivity index (χ1v) is 6.62. The first kappa shape index (κ1) is 16.1. The number of nitrogens with one attached hydrogen (secondary N) is 1. The van der Waals surface area contributed by atoms with E-state index in [1.807, 2.05) is 0 Å². The first-order chi connectivity index (χ1) is 9.43. The topological polar surface area (TPSA) is 98.5 Å². The molecule has 20 heavy (non-hydrogen) atoms. The second-order valence-electron chi connectivity index (χ2n) is 3.77. The third-order valence-corrected chi connectivity index (χ3v) is 2.99. The van der Waals surface area contributed by atoms with Crippen molar-refractivity contribution in [2.24, 2.45) is 0 Å². The van der Waals surface area contributed by atoms with Gasteiger partial charge in [-0.2, -0.15) is 0 Å². The average molecular weight is 345 g/mol. The molecule has 108 valence electrons. The van der Waals surface area contributed by atoms with E-state index in [4.69, 9.17) is 4.74 Å². The molecule has 0 saturated carbocycles. The van der Waals surface area contributed by atoms with Gasteiger partial charge < -0.3 is 10.1 Å². The van der Waals surface area contributed by atoms with Crippen molar-refractivity contribution < 1.29 is 19.2 Å². The maximum absolute atomic E-state index is 11.6. The molecule has 0 spiro atoms. The Balaban J connectivity index is 2.63. The van der Waals surface area contributed by atoms with E-state index in [9.17, 15) is 19.7 Å². The molecule has 0 aliphatic heterocycles. The largest absolute Gasteiger partial charge is 0.466 e. The van der Waals surface area contributed by atoms with Crippen LogP contribution in [0.3, 0.4) is 0 Å². The van der Waals surface area contributed by atoms with E-state index in [0.29, 0.717) is 4.47 Å². The molecule has 1 aromatic rings. The number of carbonyl (C=O) groups excluding carboxylic acids is 2. The summed E-state index contributed by atoms with van der Waals surface area (Å²) in [4.78, 5) is 32.9. The third-order valence-electron chi connectivity index (χ3n) is 2.30. The minimum atomic E-state index is -0.555. The van der Waals surface area contributed by atoms with Crippen molar-refractivity contribution in [2.45, 2.75) is 19.8 Å². The highest BCUT2D eigenvalue weighted by atomic mass is 79.9. The van der Waals surface area contributed by atoms with Crippen molar-refractivity contribution in [3.8, 4) is 0 Å². The highest BCUT2D eigenvalue weighted by molar-refractivity contribution is 9.10. The molecule has 0 aromatic heterocycles. The quantitative estimate of drug-likeness (QED) is 0.485. The molecule has 7 nitrogen and oxygen atoms in total. The lowest BCUT2D eigenvalue weighted by Crippen LogP contribution is -2.15. The fraction of sp³-hybridized carbons (Fsp3) is 0.333. The van der Waals surface area contributed by atoms with E-state index in [1.54, 1.807) is 6.92 Å². The Labute approximate surface area is 123 Å². The van der Waals surface area contributed by atoms with Crippen LogP contribution in [0.2, 0.25) is 0 Å². The number of amides is 1. The molecule has 0 aliphatic carbocycles. The predicted octanol–water partition coefficient (Wildman–Crippen LogP) is 2.64. The summed E-state index contributed by atoms with van der Waals surface area (Å²) in [7, 11) is 0. The Morgan fingerprint density at radius 3 is 2.70 bits per heavy atom. The standard InChI is InChI=1S/C12H13BrN2O5/c1-2-20-12(17)6-5-11(16)14-10-7-8(15(18)19)3-4-9(10)13/h3-4,7H,2,5-6H2,1H3,(H,14,16). The van der Waals surface area contributed by atoms with Crippen LogP contribution in [0.15, 0.2) is 22.7 Å². The first-order valence-electron chi connectivity index (χ1n) is 5.83. The molecule has 0 heterocycles. The normalized spacial score (nSPS) is 9.90. The van der Waals surface area contributed by atoms with Crippen LogP contribution in [0, 0.1) is 10.1 Å². The van der Waals surface area contributed by atoms with E-state index in [1.165, 1.54) is 18.2 Å². The van der Waals surface area contributed by atoms with Crippen LogP contribution in [-0.2, 0) is 14.3 Å². The molecule has 0 aliphatic rings. The second-order valence-corrected chi connectivity index (χ2v) is 4.63. The molecule has 0 fully saturated rings. The summed E-state index contributed by atoms with van der Waals surface area (Å²) in [5, 5.41) is 13.2. The van der Waals surface area contributed by atoms with Crippen molar-refractivity contribution >= 4 is 39.2 Å². The highest BCUT2D eigenvalue weighted by Gasteiger charge is 2.13. The number of hydrogen-bond donors (Lipinski definition) is 1. The van der Waals surface area contributed by atoms with E-state index in [2.05, 4.69) is 21.2 Å². The fourth-order valence-electron chi connectivity index (χ4n) is 1.38. The highest BCUT2D eigenvalue weighted by Crippen LogP contribution is 2.27. The van der Waals surface area contributed by atoms with Gasteiger partial charge in [-0.1, -0.05) is 0 Å². The third kappa shape index (κ3) is 4.96. The Hall–Kier alpha value is -1.96. The number of nitro benzene ring substituents is 1. The van der Waals surface area contributed by atoms with Crippen molar-refractivity contribution in [3.05, 3.63) is 32.8 Å². The smallest absolute Gasteiger partial charge is 0.306 e. The summed E-state index contributed by atoms with van der Waals surface area (Å²) in [6.45, 7) is 1.94. The SMILES string of the molecule is CCOC(=O)CCC(=O)Nc1cc([N+](=O)[O-])ccc1Br. The summed E-state index contributed by atoms with van der Waals surface area (Å²) >= 11 is 3.18. The zero-order chi connectivity index (χ0) is 15.1. The second kappa shape index (κ2) is 7.59. The van der Waals surface area contributed by atoms with E-state index in [0.717, 1.165) is 0 Å². The zero-order valence-electron chi connectivity index (χ0n) is 10.7. The Kier molecular flexibility index (Phi) is 6.10. The van der Waals surface area contributed by atoms with Gasteiger partial charge in [-0.3, -0.25) is 19.7 Å². The molecule has 0 bridgehead atoms. The number of benzene rings is 1. The number of carbonyl (C=O) groups is 2. The molecular formula is C12H13BrN2O5. The molecule has 0 atom stereocenters. The van der Waals surface area contributed by atoms with Gasteiger partial charge in [-0.15, -0.1) is 0 Å². The minimum absolute atomic E-state index is 0.0355. The summed E-state index contributed by atoms with van der Waals surface area (Å²) in [6, 6.07) is 4.03. The average Bonchev–Trinajstić information content (AvgIpc) is 2.39. The number of halogens is 1. The van der Waals surface area contributed by atoms with E-state index in [-0.39, 0.29) is 30.8 Å². The number of hydrogen-bond acceptors (Lipinski definition) is 5.